The molecule has 0 atom stereocenters. The standard InChI is InChI=1S/C45H46N2/c1-3-40-30-38(26-34-15-21-44(46)22-16-34)13-19-42(40)28-36-9-5-32(6-10-36)25-33-7-11-37(12-8-33)29-43-20-14-39(31-41(43)4-2)27-35-17-23-45(47)24-18-35/h5-24,30-31H,3-4,25-29,46-47H2,1-2H3. The second-order valence-electron chi connectivity index (χ2n) is 12.9. The van der Waals surface area contributed by atoms with Crippen LogP contribution < -0.4 is 11.5 Å². The van der Waals surface area contributed by atoms with E-state index in [0.717, 1.165) is 56.3 Å². The van der Waals surface area contributed by atoms with E-state index in [1.165, 1.54) is 66.8 Å². The van der Waals surface area contributed by atoms with Gasteiger partial charge in [0.25, 0.3) is 0 Å². The maximum Gasteiger partial charge on any atom is 0.0314 e. The van der Waals surface area contributed by atoms with Crippen LogP contribution in [0, 0.1) is 0 Å². The minimum atomic E-state index is 0.813. The van der Waals surface area contributed by atoms with Gasteiger partial charge in [0.1, 0.15) is 0 Å². The number of aryl methyl sites for hydroxylation is 2. The summed E-state index contributed by atoms with van der Waals surface area (Å²) in [7, 11) is 0. The van der Waals surface area contributed by atoms with Crippen LogP contribution in [0.4, 0.5) is 11.4 Å². The lowest BCUT2D eigenvalue weighted by molar-refractivity contribution is 1.04. The predicted molar refractivity (Wildman–Crippen MR) is 200 cm³/mol. The van der Waals surface area contributed by atoms with Gasteiger partial charge in [-0.05, 0) is 136 Å². The highest BCUT2D eigenvalue weighted by atomic mass is 14.5. The first-order chi connectivity index (χ1) is 22.9. The average Bonchev–Trinajstić information content (AvgIpc) is 3.10. The van der Waals surface area contributed by atoms with Crippen LogP contribution in [0.3, 0.4) is 0 Å². The predicted octanol–water partition coefficient (Wildman–Crippen LogP) is 9.93. The van der Waals surface area contributed by atoms with Gasteiger partial charge >= 0.3 is 0 Å². The number of nitrogens with two attached hydrogens (primary N) is 2. The molecule has 0 radical (unpaired) electrons. The van der Waals surface area contributed by atoms with Gasteiger partial charge in [0.2, 0.25) is 0 Å². The SMILES string of the molecule is CCc1cc(Cc2ccc(N)cc2)ccc1Cc1ccc(Cc2ccc(Cc3ccc(Cc4ccc(N)cc4)cc3CC)cc2)cc1. The van der Waals surface area contributed by atoms with E-state index < -0.39 is 0 Å². The molecule has 0 heterocycles. The van der Waals surface area contributed by atoms with Crippen LogP contribution >= 0.6 is 0 Å². The maximum atomic E-state index is 5.86. The van der Waals surface area contributed by atoms with Gasteiger partial charge in [-0.3, -0.25) is 0 Å². The molecule has 6 aromatic rings. The number of nitrogen functional groups attached to an aromatic ring is 2. The van der Waals surface area contributed by atoms with Crippen LogP contribution in [0.5, 0.6) is 0 Å². The number of hydrogen-bond donors (Lipinski definition) is 2. The van der Waals surface area contributed by atoms with E-state index >= 15 is 0 Å². The van der Waals surface area contributed by atoms with Crippen molar-refractivity contribution in [1.29, 1.82) is 0 Å². The fraction of sp³-hybridized carbons (Fsp3) is 0.200. The monoisotopic (exact) mass is 614 g/mol. The Hall–Kier alpha value is -5.08. The highest BCUT2D eigenvalue weighted by molar-refractivity contribution is 5.44. The van der Waals surface area contributed by atoms with Gasteiger partial charge in [0.05, 0.1) is 0 Å². The van der Waals surface area contributed by atoms with Gasteiger partial charge in [-0.1, -0.05) is 123 Å². The Morgan fingerprint density at radius 2 is 0.553 bits per heavy atom. The zero-order valence-electron chi connectivity index (χ0n) is 27.8. The molecule has 0 bridgehead atoms. The molecule has 0 aliphatic heterocycles. The van der Waals surface area contributed by atoms with Crippen molar-refractivity contribution >= 4 is 11.4 Å². The summed E-state index contributed by atoms with van der Waals surface area (Å²) >= 11 is 0. The average molecular weight is 615 g/mol. The number of benzene rings is 6. The molecule has 0 aromatic heterocycles. The second-order valence-corrected chi connectivity index (χ2v) is 12.9. The normalized spacial score (nSPS) is 11.1. The van der Waals surface area contributed by atoms with Crippen molar-refractivity contribution in [3.63, 3.8) is 0 Å². The number of hydrogen-bond acceptors (Lipinski definition) is 2. The lowest BCUT2D eigenvalue weighted by atomic mass is 9.93. The molecular formula is C45H46N2. The van der Waals surface area contributed by atoms with Crippen LogP contribution in [-0.4, -0.2) is 0 Å². The van der Waals surface area contributed by atoms with Gasteiger partial charge in [0.15, 0.2) is 0 Å². The molecule has 0 saturated carbocycles. The van der Waals surface area contributed by atoms with Crippen molar-refractivity contribution in [3.05, 3.63) is 200 Å². The van der Waals surface area contributed by atoms with E-state index in [4.69, 9.17) is 11.5 Å². The lowest BCUT2D eigenvalue weighted by Gasteiger charge is -2.12. The van der Waals surface area contributed by atoms with Gasteiger partial charge in [-0.2, -0.15) is 0 Å². The van der Waals surface area contributed by atoms with Crippen molar-refractivity contribution in [2.75, 3.05) is 11.5 Å². The second kappa shape index (κ2) is 15.0. The third-order valence-electron chi connectivity index (χ3n) is 9.32. The minimum absolute atomic E-state index is 0.813. The van der Waals surface area contributed by atoms with Crippen molar-refractivity contribution in [2.24, 2.45) is 0 Å². The summed E-state index contributed by atoms with van der Waals surface area (Å²) in [6.45, 7) is 4.51. The van der Waals surface area contributed by atoms with E-state index in [9.17, 15) is 0 Å². The highest BCUT2D eigenvalue weighted by Gasteiger charge is 2.08. The molecule has 0 unspecified atom stereocenters. The summed E-state index contributed by atoms with van der Waals surface area (Å²) in [5.74, 6) is 0. The summed E-state index contributed by atoms with van der Waals surface area (Å²) < 4.78 is 0. The summed E-state index contributed by atoms with van der Waals surface area (Å²) in [6.07, 6.45) is 6.80. The molecule has 0 aliphatic carbocycles. The Balaban J connectivity index is 1.05. The fourth-order valence-electron chi connectivity index (χ4n) is 6.55. The van der Waals surface area contributed by atoms with E-state index in [0.29, 0.717) is 0 Å². The van der Waals surface area contributed by atoms with E-state index in [1.807, 2.05) is 24.3 Å². The molecule has 236 valence electrons. The van der Waals surface area contributed by atoms with Crippen LogP contribution in [0.1, 0.15) is 80.6 Å². The van der Waals surface area contributed by atoms with Crippen LogP contribution in [0.25, 0.3) is 0 Å². The Kier molecular flexibility index (Phi) is 10.2. The molecule has 0 amide bonds. The molecule has 2 heteroatoms. The summed E-state index contributed by atoms with van der Waals surface area (Å²) in [5.41, 5.74) is 29.8. The largest absolute Gasteiger partial charge is 0.399 e. The number of anilines is 2. The molecule has 47 heavy (non-hydrogen) atoms. The van der Waals surface area contributed by atoms with Gasteiger partial charge in [0, 0.05) is 11.4 Å². The lowest BCUT2D eigenvalue weighted by Crippen LogP contribution is -1.99. The topological polar surface area (TPSA) is 52.0 Å². The zero-order chi connectivity index (χ0) is 32.6. The summed E-state index contributed by atoms with van der Waals surface area (Å²) in [5, 5.41) is 0. The first-order valence-electron chi connectivity index (χ1n) is 17.0. The molecule has 2 nitrogen and oxygen atoms in total. The van der Waals surface area contributed by atoms with Gasteiger partial charge < -0.3 is 11.5 Å². The highest BCUT2D eigenvalue weighted by Crippen LogP contribution is 2.23. The molecule has 0 saturated heterocycles. The zero-order valence-corrected chi connectivity index (χ0v) is 27.8. The first-order valence-corrected chi connectivity index (χ1v) is 17.0. The van der Waals surface area contributed by atoms with Crippen molar-refractivity contribution in [1.82, 2.24) is 0 Å². The molecule has 6 aromatic carbocycles. The third kappa shape index (κ3) is 8.60. The molecule has 4 N–H and O–H groups in total. The van der Waals surface area contributed by atoms with E-state index in [2.05, 4.69) is 123 Å². The summed E-state index contributed by atoms with van der Waals surface area (Å²) in [6, 6.07) is 48.8. The fourth-order valence-corrected chi connectivity index (χ4v) is 6.55. The molecule has 6 rings (SSSR count). The third-order valence-corrected chi connectivity index (χ3v) is 9.32. The smallest absolute Gasteiger partial charge is 0.0314 e. The van der Waals surface area contributed by atoms with E-state index in [-0.39, 0.29) is 0 Å². The quantitative estimate of drug-likeness (QED) is 0.135. The van der Waals surface area contributed by atoms with Gasteiger partial charge in [-0.15, -0.1) is 0 Å². The molecule has 0 aliphatic rings. The Bertz CT molecular complexity index is 1760. The molecule has 0 fully saturated rings. The molecule has 0 spiro atoms. The van der Waals surface area contributed by atoms with Gasteiger partial charge in [-0.25, -0.2) is 0 Å². The van der Waals surface area contributed by atoms with Crippen molar-refractivity contribution in [2.45, 2.75) is 58.8 Å². The van der Waals surface area contributed by atoms with Crippen LogP contribution in [-0.2, 0) is 44.9 Å². The maximum absolute atomic E-state index is 5.86. The first kappa shape index (κ1) is 31.9. The Labute approximate surface area is 281 Å². The van der Waals surface area contributed by atoms with Crippen molar-refractivity contribution in [3.8, 4) is 0 Å². The Morgan fingerprint density at radius 3 is 0.872 bits per heavy atom. The van der Waals surface area contributed by atoms with Crippen LogP contribution in [0.15, 0.2) is 133 Å². The van der Waals surface area contributed by atoms with E-state index in [1.54, 1.807) is 0 Å². The minimum Gasteiger partial charge on any atom is -0.399 e. The Morgan fingerprint density at radius 1 is 0.298 bits per heavy atom. The van der Waals surface area contributed by atoms with Crippen molar-refractivity contribution < 1.29 is 0 Å². The number of rotatable bonds is 12. The molecular weight excluding hydrogens is 569 g/mol. The summed E-state index contributed by atoms with van der Waals surface area (Å²) in [4.78, 5) is 0. The van der Waals surface area contributed by atoms with Crippen LogP contribution in [0.2, 0.25) is 0 Å².